The van der Waals surface area contributed by atoms with Crippen molar-refractivity contribution in [3.8, 4) is 28.3 Å². The van der Waals surface area contributed by atoms with E-state index in [1.807, 2.05) is 91.0 Å². The lowest BCUT2D eigenvalue weighted by Crippen LogP contribution is -1.97. The second kappa shape index (κ2) is 11.5. The van der Waals surface area contributed by atoms with Gasteiger partial charge >= 0.3 is 0 Å². The Morgan fingerprint density at radius 2 is 1.42 bits per heavy atom. The monoisotopic (exact) mass is 518 g/mol. The first-order valence-corrected chi connectivity index (χ1v) is 12.5. The minimum Gasteiger partial charge on any atom is -0.497 e. The van der Waals surface area contributed by atoms with Crippen LogP contribution in [0.2, 0.25) is 0 Å². The van der Waals surface area contributed by atoms with Gasteiger partial charge in [-0.25, -0.2) is 9.97 Å². The number of ether oxygens (including phenoxy) is 1. The number of hydrogen-bond acceptors (Lipinski definition) is 7. The number of rotatable bonds is 8. The molecule has 4 aromatic carbocycles. The number of hydrogen-bond donors (Lipinski definition) is 0. The molecular weight excluding hydrogens is 496 g/mol. The van der Waals surface area contributed by atoms with Crippen molar-refractivity contribution in [3.05, 3.63) is 125 Å². The van der Waals surface area contributed by atoms with Crippen LogP contribution in [0.5, 0.6) is 5.75 Å². The molecule has 0 fully saturated rings. The Hall–Kier alpha value is -4.82. The van der Waals surface area contributed by atoms with Crippen LogP contribution in [0.15, 0.2) is 124 Å². The predicted octanol–water partition coefficient (Wildman–Crippen LogP) is 7.63. The molecule has 1 aromatic heterocycles. The normalized spacial score (nSPS) is 11.0. The van der Waals surface area contributed by atoms with E-state index in [1.54, 1.807) is 25.5 Å². The molecule has 0 unspecified atom stereocenters. The molecule has 0 spiro atoms. The number of nitrogens with zero attached hydrogens (tertiary/aromatic N) is 4. The largest absolute Gasteiger partial charge is 0.497 e. The van der Waals surface area contributed by atoms with Crippen LogP contribution in [0, 0.1) is 10.1 Å². The fourth-order valence-electron chi connectivity index (χ4n) is 3.74. The molecule has 0 aliphatic carbocycles. The maximum absolute atomic E-state index is 12.0. The molecule has 1 heterocycles. The maximum Gasteiger partial charge on any atom is 0.283 e. The van der Waals surface area contributed by atoms with Gasteiger partial charge in [-0.2, -0.15) is 0 Å². The fraction of sp³-hybridized carbons (Fsp3) is 0.0333. The van der Waals surface area contributed by atoms with Crippen molar-refractivity contribution in [1.82, 2.24) is 9.97 Å². The van der Waals surface area contributed by atoms with E-state index in [2.05, 4.69) is 4.99 Å². The van der Waals surface area contributed by atoms with Gasteiger partial charge in [0.25, 0.3) is 5.69 Å². The molecule has 186 valence electrons. The van der Waals surface area contributed by atoms with Crippen LogP contribution in [0.4, 0.5) is 11.4 Å². The second-order valence-electron chi connectivity index (χ2n) is 8.20. The molecule has 5 aromatic rings. The van der Waals surface area contributed by atoms with E-state index in [0.717, 1.165) is 28.3 Å². The average Bonchev–Trinajstić information content (AvgIpc) is 2.97. The number of benzene rings is 4. The Morgan fingerprint density at radius 1 is 0.816 bits per heavy atom. The van der Waals surface area contributed by atoms with Crippen molar-refractivity contribution < 1.29 is 9.66 Å². The Labute approximate surface area is 224 Å². The summed E-state index contributed by atoms with van der Waals surface area (Å²) in [6.07, 6.45) is 1.60. The summed E-state index contributed by atoms with van der Waals surface area (Å²) >= 11 is 1.17. The fourth-order valence-corrected chi connectivity index (χ4v) is 4.60. The lowest BCUT2D eigenvalue weighted by atomic mass is 10.1. The van der Waals surface area contributed by atoms with Crippen molar-refractivity contribution in [1.29, 1.82) is 0 Å². The van der Waals surface area contributed by atoms with Gasteiger partial charge in [0, 0.05) is 23.4 Å². The van der Waals surface area contributed by atoms with Crippen molar-refractivity contribution in [2.24, 2.45) is 4.99 Å². The molecule has 0 atom stereocenters. The standard InChI is InChI=1S/C30H22N4O3S/c1-37-25-15-13-24(14-16-25)31-20-21-12-17-29(28(18-21)34(35)36)38-30-32-26(22-8-4-2-5-9-22)19-27(33-30)23-10-6-3-7-11-23/h2-20H,1H3. The van der Waals surface area contributed by atoms with E-state index in [9.17, 15) is 10.1 Å². The van der Waals surface area contributed by atoms with E-state index < -0.39 is 4.92 Å². The highest BCUT2D eigenvalue weighted by Gasteiger charge is 2.18. The molecular formula is C30H22N4O3S. The maximum atomic E-state index is 12.0. The lowest BCUT2D eigenvalue weighted by molar-refractivity contribution is -0.387. The Balaban J connectivity index is 1.48. The highest BCUT2D eigenvalue weighted by molar-refractivity contribution is 7.99. The number of aromatic nitrogens is 2. The summed E-state index contributed by atoms with van der Waals surface area (Å²) < 4.78 is 5.16. The molecule has 7 nitrogen and oxygen atoms in total. The van der Waals surface area contributed by atoms with E-state index >= 15 is 0 Å². The molecule has 0 aliphatic heterocycles. The minimum absolute atomic E-state index is 0.0383. The first-order valence-electron chi connectivity index (χ1n) is 11.7. The first kappa shape index (κ1) is 24.9. The summed E-state index contributed by atoms with van der Waals surface area (Å²) in [5.41, 5.74) is 4.65. The van der Waals surface area contributed by atoms with E-state index in [4.69, 9.17) is 14.7 Å². The first-order chi connectivity index (χ1) is 18.6. The Kier molecular flexibility index (Phi) is 7.52. The van der Waals surface area contributed by atoms with E-state index in [-0.39, 0.29) is 5.69 Å². The molecule has 0 N–H and O–H groups in total. The zero-order valence-electron chi connectivity index (χ0n) is 20.4. The third kappa shape index (κ3) is 5.93. The predicted molar refractivity (Wildman–Crippen MR) is 150 cm³/mol. The summed E-state index contributed by atoms with van der Waals surface area (Å²) in [7, 11) is 1.60. The topological polar surface area (TPSA) is 90.5 Å². The van der Waals surface area contributed by atoms with Crippen LogP contribution in [0.25, 0.3) is 22.5 Å². The quantitative estimate of drug-likeness (QED) is 0.0908. The Bertz CT molecular complexity index is 1530. The van der Waals surface area contributed by atoms with Gasteiger partial charge < -0.3 is 4.74 Å². The highest BCUT2D eigenvalue weighted by Crippen LogP contribution is 2.36. The molecule has 0 bridgehead atoms. The molecule has 0 radical (unpaired) electrons. The second-order valence-corrected chi connectivity index (χ2v) is 9.20. The van der Waals surface area contributed by atoms with Gasteiger partial charge in [0.05, 0.1) is 34.0 Å². The number of methoxy groups -OCH3 is 1. The van der Waals surface area contributed by atoms with Crippen LogP contribution in [0.3, 0.4) is 0 Å². The number of nitro benzene ring substituents is 1. The van der Waals surface area contributed by atoms with Crippen LogP contribution < -0.4 is 4.74 Å². The van der Waals surface area contributed by atoms with Gasteiger partial charge in [-0.05, 0) is 53.7 Å². The highest BCUT2D eigenvalue weighted by atomic mass is 32.2. The van der Waals surface area contributed by atoms with Crippen LogP contribution >= 0.6 is 11.8 Å². The molecule has 8 heteroatoms. The van der Waals surface area contributed by atoms with Crippen LogP contribution in [-0.2, 0) is 0 Å². The van der Waals surface area contributed by atoms with Gasteiger partial charge in [0.1, 0.15) is 5.75 Å². The summed E-state index contributed by atoms with van der Waals surface area (Å²) in [5, 5.41) is 12.4. The molecule has 0 saturated heterocycles. The van der Waals surface area contributed by atoms with Gasteiger partial charge in [-0.1, -0.05) is 66.7 Å². The van der Waals surface area contributed by atoms with Gasteiger partial charge in [-0.3, -0.25) is 15.1 Å². The van der Waals surface area contributed by atoms with Gasteiger partial charge in [0.15, 0.2) is 5.16 Å². The smallest absolute Gasteiger partial charge is 0.283 e. The van der Waals surface area contributed by atoms with E-state index in [1.165, 1.54) is 17.8 Å². The minimum atomic E-state index is -0.397. The zero-order valence-corrected chi connectivity index (χ0v) is 21.2. The third-order valence-electron chi connectivity index (χ3n) is 5.66. The van der Waals surface area contributed by atoms with Gasteiger partial charge in [0.2, 0.25) is 0 Å². The lowest BCUT2D eigenvalue weighted by Gasteiger charge is -2.09. The molecule has 5 rings (SSSR count). The van der Waals surface area contributed by atoms with Crippen molar-refractivity contribution in [2.45, 2.75) is 10.1 Å². The van der Waals surface area contributed by atoms with E-state index in [0.29, 0.717) is 21.3 Å². The summed E-state index contributed by atoms with van der Waals surface area (Å²) in [5.74, 6) is 0.731. The number of aliphatic imine (C=N–C) groups is 1. The average molecular weight is 519 g/mol. The van der Waals surface area contributed by atoms with Crippen LogP contribution in [0.1, 0.15) is 5.56 Å². The third-order valence-corrected chi connectivity index (χ3v) is 6.59. The zero-order chi connectivity index (χ0) is 26.3. The summed E-state index contributed by atoms with van der Waals surface area (Å²) in [6, 6.07) is 33.8. The molecule has 38 heavy (non-hydrogen) atoms. The summed E-state index contributed by atoms with van der Waals surface area (Å²) in [4.78, 5) is 25.9. The van der Waals surface area contributed by atoms with Gasteiger partial charge in [-0.15, -0.1) is 0 Å². The van der Waals surface area contributed by atoms with Crippen molar-refractivity contribution in [2.75, 3.05) is 7.11 Å². The SMILES string of the molecule is COc1ccc(N=Cc2ccc(Sc3nc(-c4ccccc4)cc(-c4ccccc4)n3)c([N+](=O)[O-])c2)cc1. The molecule has 0 amide bonds. The van der Waals surface area contributed by atoms with Crippen molar-refractivity contribution >= 4 is 29.4 Å². The molecule has 0 aliphatic rings. The molecule has 0 saturated carbocycles. The van der Waals surface area contributed by atoms with Crippen molar-refractivity contribution in [3.63, 3.8) is 0 Å². The Morgan fingerprint density at radius 3 is 1.97 bits per heavy atom. The van der Waals surface area contributed by atoms with Crippen LogP contribution in [-0.4, -0.2) is 28.2 Å². The summed E-state index contributed by atoms with van der Waals surface area (Å²) in [6.45, 7) is 0. The number of nitro groups is 1.